The van der Waals surface area contributed by atoms with Gasteiger partial charge in [0.15, 0.2) is 0 Å². The lowest BCUT2D eigenvalue weighted by Crippen LogP contribution is -2.23. The predicted octanol–water partition coefficient (Wildman–Crippen LogP) is 5.44. The highest BCUT2D eigenvalue weighted by molar-refractivity contribution is 9.10. The lowest BCUT2D eigenvalue weighted by molar-refractivity contribution is 0.547. The van der Waals surface area contributed by atoms with Crippen LogP contribution in [0.2, 0.25) is 5.02 Å². The van der Waals surface area contributed by atoms with Crippen molar-refractivity contribution in [1.82, 2.24) is 5.32 Å². The molecule has 1 N–H and O–H groups in total. The van der Waals surface area contributed by atoms with Crippen molar-refractivity contribution >= 4 is 27.5 Å². The van der Waals surface area contributed by atoms with Crippen LogP contribution >= 0.6 is 27.5 Å². The van der Waals surface area contributed by atoms with Crippen LogP contribution in [0.5, 0.6) is 0 Å². The highest BCUT2D eigenvalue weighted by Gasteiger charge is 2.14. The van der Waals surface area contributed by atoms with Crippen LogP contribution < -0.4 is 5.32 Å². The largest absolute Gasteiger partial charge is 0.310 e. The molecular formula is C17H18BrClFN. The minimum atomic E-state index is -0.229. The van der Waals surface area contributed by atoms with Crippen molar-refractivity contribution in [3.63, 3.8) is 0 Å². The van der Waals surface area contributed by atoms with Gasteiger partial charge in [-0.3, -0.25) is 0 Å². The van der Waals surface area contributed by atoms with Crippen molar-refractivity contribution in [3.05, 3.63) is 68.4 Å². The molecule has 4 heteroatoms. The van der Waals surface area contributed by atoms with Crippen LogP contribution in [-0.4, -0.2) is 6.54 Å². The summed E-state index contributed by atoms with van der Waals surface area (Å²) in [5.74, 6) is -0.229. The lowest BCUT2D eigenvalue weighted by Gasteiger charge is -2.20. The number of benzene rings is 2. The fraction of sp³-hybridized carbons (Fsp3) is 0.294. The van der Waals surface area contributed by atoms with E-state index < -0.39 is 0 Å². The second-order valence-electron chi connectivity index (χ2n) is 5.06. The van der Waals surface area contributed by atoms with Crippen molar-refractivity contribution in [2.45, 2.75) is 26.3 Å². The van der Waals surface area contributed by atoms with Gasteiger partial charge in [0.05, 0.1) is 0 Å². The van der Waals surface area contributed by atoms with E-state index in [1.807, 2.05) is 25.1 Å². The van der Waals surface area contributed by atoms with Gasteiger partial charge in [-0.1, -0.05) is 52.7 Å². The Kier molecular flexibility index (Phi) is 5.80. The Morgan fingerprint density at radius 3 is 2.62 bits per heavy atom. The molecule has 0 bridgehead atoms. The van der Waals surface area contributed by atoms with Crippen LogP contribution in [0.3, 0.4) is 0 Å². The molecule has 1 nitrogen and oxygen atoms in total. The van der Waals surface area contributed by atoms with Gasteiger partial charge in [0.25, 0.3) is 0 Å². The zero-order valence-electron chi connectivity index (χ0n) is 12.1. The summed E-state index contributed by atoms with van der Waals surface area (Å²) in [5, 5.41) is 4.25. The molecule has 2 aromatic rings. The van der Waals surface area contributed by atoms with E-state index in [1.165, 1.54) is 17.7 Å². The highest BCUT2D eigenvalue weighted by atomic mass is 79.9. The topological polar surface area (TPSA) is 12.0 Å². The molecule has 0 aliphatic rings. The summed E-state index contributed by atoms with van der Waals surface area (Å²) in [5.41, 5.74) is 3.33. The number of likely N-dealkylation sites (N-methyl/N-ethyl adjacent to an activating group) is 1. The lowest BCUT2D eigenvalue weighted by atomic mass is 9.97. The van der Waals surface area contributed by atoms with Gasteiger partial charge in [-0.05, 0) is 54.8 Å². The molecule has 0 heterocycles. The maximum absolute atomic E-state index is 13.2. The molecule has 2 aromatic carbocycles. The zero-order valence-corrected chi connectivity index (χ0v) is 14.4. The smallest absolute Gasteiger partial charge is 0.124 e. The molecular weight excluding hydrogens is 353 g/mol. The van der Waals surface area contributed by atoms with E-state index in [0.717, 1.165) is 33.6 Å². The Balaban J connectivity index is 2.28. The molecule has 0 aliphatic heterocycles. The Morgan fingerprint density at radius 2 is 2.00 bits per heavy atom. The first kappa shape index (κ1) is 16.5. The predicted molar refractivity (Wildman–Crippen MR) is 90.4 cm³/mol. The van der Waals surface area contributed by atoms with Gasteiger partial charge in [-0.15, -0.1) is 0 Å². The second kappa shape index (κ2) is 7.39. The van der Waals surface area contributed by atoms with Gasteiger partial charge in [0.1, 0.15) is 5.82 Å². The van der Waals surface area contributed by atoms with Gasteiger partial charge in [-0.25, -0.2) is 4.39 Å². The molecule has 1 atom stereocenters. The Morgan fingerprint density at radius 1 is 1.24 bits per heavy atom. The minimum absolute atomic E-state index is 0.174. The molecule has 1 unspecified atom stereocenters. The fourth-order valence-electron chi connectivity index (χ4n) is 2.35. The SMILES string of the molecule is CCNC(Cc1ccc(F)cc1Br)c1ccc(Cl)c(C)c1. The molecule has 0 saturated carbocycles. The van der Waals surface area contributed by atoms with Crippen LogP contribution in [0, 0.1) is 12.7 Å². The first-order valence-corrected chi connectivity index (χ1v) is 8.11. The molecule has 0 aliphatic carbocycles. The summed E-state index contributed by atoms with van der Waals surface area (Å²) in [6, 6.07) is 11.1. The zero-order chi connectivity index (χ0) is 15.4. The summed E-state index contributed by atoms with van der Waals surface area (Å²) in [6.45, 7) is 4.95. The van der Waals surface area contributed by atoms with Crippen molar-refractivity contribution in [2.24, 2.45) is 0 Å². The van der Waals surface area contributed by atoms with Crippen LogP contribution in [0.1, 0.15) is 29.7 Å². The molecule has 0 saturated heterocycles. The first-order chi connectivity index (χ1) is 10.0. The monoisotopic (exact) mass is 369 g/mol. The third kappa shape index (κ3) is 4.29. The normalized spacial score (nSPS) is 12.4. The van der Waals surface area contributed by atoms with Crippen molar-refractivity contribution in [3.8, 4) is 0 Å². The maximum atomic E-state index is 13.2. The van der Waals surface area contributed by atoms with Crippen LogP contribution in [0.25, 0.3) is 0 Å². The molecule has 0 radical (unpaired) electrons. The molecule has 0 aromatic heterocycles. The molecule has 0 fully saturated rings. The fourth-order valence-corrected chi connectivity index (χ4v) is 2.98. The van der Waals surface area contributed by atoms with E-state index in [1.54, 1.807) is 0 Å². The quantitative estimate of drug-likeness (QED) is 0.738. The second-order valence-corrected chi connectivity index (χ2v) is 6.32. The number of nitrogens with one attached hydrogen (secondary N) is 1. The van der Waals surface area contributed by atoms with E-state index in [4.69, 9.17) is 11.6 Å². The van der Waals surface area contributed by atoms with E-state index in [0.29, 0.717) is 0 Å². The first-order valence-electron chi connectivity index (χ1n) is 6.94. The molecule has 112 valence electrons. The van der Waals surface area contributed by atoms with Crippen LogP contribution in [-0.2, 0) is 6.42 Å². The van der Waals surface area contributed by atoms with E-state index in [9.17, 15) is 4.39 Å². The van der Waals surface area contributed by atoms with E-state index in [-0.39, 0.29) is 11.9 Å². The summed E-state index contributed by atoms with van der Waals surface area (Å²) in [6.07, 6.45) is 0.787. The molecule has 21 heavy (non-hydrogen) atoms. The highest BCUT2D eigenvalue weighted by Crippen LogP contribution is 2.27. The Hall–Kier alpha value is -0.900. The Labute approximate surface area is 138 Å². The molecule has 0 amide bonds. The molecule has 2 rings (SSSR count). The van der Waals surface area contributed by atoms with Gasteiger partial charge in [-0.2, -0.15) is 0 Å². The van der Waals surface area contributed by atoms with E-state index in [2.05, 4.69) is 34.2 Å². The van der Waals surface area contributed by atoms with Gasteiger partial charge in [0, 0.05) is 15.5 Å². The average molecular weight is 371 g/mol. The summed E-state index contributed by atoms with van der Waals surface area (Å²) < 4.78 is 14.0. The van der Waals surface area contributed by atoms with Crippen LogP contribution in [0.4, 0.5) is 4.39 Å². The van der Waals surface area contributed by atoms with E-state index >= 15 is 0 Å². The number of rotatable bonds is 5. The average Bonchev–Trinajstić information content (AvgIpc) is 2.44. The van der Waals surface area contributed by atoms with Crippen molar-refractivity contribution in [1.29, 1.82) is 0 Å². The number of halogens is 3. The summed E-state index contributed by atoms with van der Waals surface area (Å²) in [7, 11) is 0. The van der Waals surface area contributed by atoms with Gasteiger partial charge in [0.2, 0.25) is 0 Å². The standard InChI is InChI=1S/C17H18BrClFN/c1-3-21-17(13-5-7-16(19)11(2)8-13)9-12-4-6-14(20)10-15(12)18/h4-8,10,17,21H,3,9H2,1-2H3. The summed E-state index contributed by atoms with van der Waals surface area (Å²) in [4.78, 5) is 0. The third-order valence-corrected chi connectivity index (χ3v) is 4.64. The third-order valence-electron chi connectivity index (χ3n) is 3.47. The van der Waals surface area contributed by atoms with Crippen molar-refractivity contribution in [2.75, 3.05) is 6.54 Å². The number of hydrogen-bond donors (Lipinski definition) is 1. The molecule has 0 spiro atoms. The van der Waals surface area contributed by atoms with Gasteiger partial charge >= 0.3 is 0 Å². The van der Waals surface area contributed by atoms with Crippen molar-refractivity contribution < 1.29 is 4.39 Å². The Bertz CT molecular complexity index is 630. The minimum Gasteiger partial charge on any atom is -0.310 e. The van der Waals surface area contributed by atoms with Crippen LogP contribution in [0.15, 0.2) is 40.9 Å². The maximum Gasteiger partial charge on any atom is 0.124 e. The van der Waals surface area contributed by atoms with Gasteiger partial charge < -0.3 is 5.32 Å². The summed E-state index contributed by atoms with van der Waals surface area (Å²) >= 11 is 9.53. The number of aryl methyl sites for hydroxylation is 1. The number of hydrogen-bond acceptors (Lipinski definition) is 1.